The van der Waals surface area contributed by atoms with Gasteiger partial charge >= 0.3 is 0 Å². The molecule has 1 N–H and O–H groups in total. The second kappa shape index (κ2) is 6.38. The Balaban J connectivity index is 2.10. The SMILES string of the molecule is Cc1cc(-c2cc3c(=O)cc(C#N)[nH]c3nc2-c2ccc(C)o2)cc(Cl)n1. The fraction of sp³-hybridized carbons (Fsp3) is 0.100. The number of nitrogens with one attached hydrogen (secondary N) is 1. The van der Waals surface area contributed by atoms with Gasteiger partial charge in [-0.2, -0.15) is 5.26 Å². The fourth-order valence-corrected chi connectivity index (χ4v) is 3.23. The lowest BCUT2D eigenvalue weighted by Gasteiger charge is -2.10. The van der Waals surface area contributed by atoms with Crippen molar-refractivity contribution in [2.75, 3.05) is 0 Å². The molecule has 4 aromatic heterocycles. The maximum Gasteiger partial charge on any atom is 0.192 e. The lowest BCUT2D eigenvalue weighted by molar-refractivity contribution is 0.547. The minimum atomic E-state index is -0.284. The first-order valence-electron chi connectivity index (χ1n) is 8.14. The number of nitrogens with zero attached hydrogens (tertiary/aromatic N) is 3. The van der Waals surface area contributed by atoms with Gasteiger partial charge in [0, 0.05) is 17.3 Å². The molecule has 0 aliphatic rings. The van der Waals surface area contributed by atoms with Crippen LogP contribution in [-0.4, -0.2) is 15.0 Å². The summed E-state index contributed by atoms with van der Waals surface area (Å²) < 4.78 is 5.76. The minimum absolute atomic E-state index is 0.150. The van der Waals surface area contributed by atoms with Gasteiger partial charge in [-0.25, -0.2) is 9.97 Å². The first kappa shape index (κ1) is 17.0. The average Bonchev–Trinajstić information content (AvgIpc) is 3.06. The average molecular weight is 377 g/mol. The fourth-order valence-electron chi connectivity index (χ4n) is 2.98. The van der Waals surface area contributed by atoms with Crippen molar-refractivity contribution in [3.05, 3.63) is 68.9 Å². The molecule has 0 amide bonds. The zero-order valence-corrected chi connectivity index (χ0v) is 15.3. The molecule has 27 heavy (non-hydrogen) atoms. The summed E-state index contributed by atoms with van der Waals surface area (Å²) in [5.41, 5.74) is 2.94. The number of halogens is 1. The number of H-pyrrole nitrogens is 1. The molecule has 0 aromatic carbocycles. The highest BCUT2D eigenvalue weighted by Gasteiger charge is 2.17. The van der Waals surface area contributed by atoms with Crippen LogP contribution in [0.1, 0.15) is 17.1 Å². The molecular weight excluding hydrogens is 364 g/mol. The van der Waals surface area contributed by atoms with E-state index in [9.17, 15) is 4.79 Å². The van der Waals surface area contributed by atoms with E-state index in [0.717, 1.165) is 17.0 Å². The first-order valence-corrected chi connectivity index (χ1v) is 8.52. The number of aryl methyl sites for hydroxylation is 2. The standard InChI is InChI=1S/C20H13ClN4O2/c1-10-5-12(6-18(21)23-10)14-8-15-16(26)7-13(9-22)24-20(15)25-19(14)17-4-3-11(2)27-17/h3-8H,1-2H3,(H,24,25,26). The molecule has 0 fully saturated rings. The molecule has 4 rings (SSSR count). The third kappa shape index (κ3) is 3.09. The first-order chi connectivity index (χ1) is 12.9. The Hall–Kier alpha value is -3.43. The van der Waals surface area contributed by atoms with E-state index in [0.29, 0.717) is 33.2 Å². The maximum absolute atomic E-state index is 12.5. The van der Waals surface area contributed by atoms with Gasteiger partial charge in [0.25, 0.3) is 0 Å². The molecule has 0 unspecified atom stereocenters. The number of fused-ring (bicyclic) bond motifs is 1. The van der Waals surface area contributed by atoms with Gasteiger partial charge in [-0.3, -0.25) is 4.79 Å². The smallest absolute Gasteiger partial charge is 0.192 e. The van der Waals surface area contributed by atoms with Crippen molar-refractivity contribution in [1.29, 1.82) is 5.26 Å². The molecule has 0 atom stereocenters. The quantitative estimate of drug-likeness (QED) is 0.523. The molecule has 0 aliphatic carbocycles. The molecule has 0 bridgehead atoms. The van der Waals surface area contributed by atoms with Gasteiger partial charge < -0.3 is 9.40 Å². The number of hydrogen-bond donors (Lipinski definition) is 1. The summed E-state index contributed by atoms with van der Waals surface area (Å²) >= 11 is 6.13. The summed E-state index contributed by atoms with van der Waals surface area (Å²) in [6, 6.07) is 12.2. The summed E-state index contributed by atoms with van der Waals surface area (Å²) in [5, 5.41) is 9.84. The summed E-state index contributed by atoms with van der Waals surface area (Å²) in [7, 11) is 0. The summed E-state index contributed by atoms with van der Waals surface area (Å²) in [4.78, 5) is 24.1. The molecule has 0 spiro atoms. The number of nitriles is 1. The van der Waals surface area contributed by atoms with Gasteiger partial charge in [-0.1, -0.05) is 11.6 Å². The van der Waals surface area contributed by atoms with Crippen molar-refractivity contribution in [3.8, 4) is 28.7 Å². The molecule has 6 nitrogen and oxygen atoms in total. The number of aromatic nitrogens is 3. The van der Waals surface area contributed by atoms with Gasteiger partial charge in [-0.15, -0.1) is 0 Å². The molecule has 0 aliphatic heterocycles. The molecule has 0 saturated carbocycles. The summed E-state index contributed by atoms with van der Waals surface area (Å²) in [5.74, 6) is 1.29. The Labute approximate surface area is 159 Å². The Morgan fingerprint density at radius 2 is 1.96 bits per heavy atom. The second-order valence-corrected chi connectivity index (χ2v) is 6.56. The predicted molar refractivity (Wildman–Crippen MR) is 102 cm³/mol. The molecular formula is C20H13ClN4O2. The second-order valence-electron chi connectivity index (χ2n) is 6.17. The van der Waals surface area contributed by atoms with E-state index in [1.807, 2.05) is 38.1 Å². The Morgan fingerprint density at radius 1 is 1.15 bits per heavy atom. The molecule has 4 aromatic rings. The number of aromatic amines is 1. The van der Waals surface area contributed by atoms with Crippen LogP contribution in [0, 0.1) is 25.2 Å². The van der Waals surface area contributed by atoms with Gasteiger partial charge in [0.1, 0.15) is 34.0 Å². The van der Waals surface area contributed by atoms with Crippen LogP contribution in [0.15, 0.2) is 45.6 Å². The van der Waals surface area contributed by atoms with Crippen molar-refractivity contribution in [3.63, 3.8) is 0 Å². The molecule has 0 radical (unpaired) electrons. The van der Waals surface area contributed by atoms with Crippen LogP contribution >= 0.6 is 11.6 Å². The van der Waals surface area contributed by atoms with Crippen LogP contribution in [-0.2, 0) is 0 Å². The van der Waals surface area contributed by atoms with Gasteiger partial charge in [-0.05, 0) is 49.7 Å². The molecule has 4 heterocycles. The van der Waals surface area contributed by atoms with Crippen molar-refractivity contribution in [2.45, 2.75) is 13.8 Å². The van der Waals surface area contributed by atoms with Crippen LogP contribution in [0.3, 0.4) is 0 Å². The lowest BCUT2D eigenvalue weighted by Crippen LogP contribution is -2.06. The maximum atomic E-state index is 12.5. The van der Waals surface area contributed by atoms with Crippen molar-refractivity contribution >= 4 is 22.6 Å². The van der Waals surface area contributed by atoms with E-state index >= 15 is 0 Å². The molecule has 0 saturated heterocycles. The third-order valence-electron chi connectivity index (χ3n) is 4.14. The third-order valence-corrected chi connectivity index (χ3v) is 4.34. The highest BCUT2D eigenvalue weighted by atomic mass is 35.5. The van der Waals surface area contributed by atoms with Crippen molar-refractivity contribution in [1.82, 2.24) is 15.0 Å². The number of pyridine rings is 3. The van der Waals surface area contributed by atoms with Crippen LogP contribution in [0.5, 0.6) is 0 Å². The highest BCUT2D eigenvalue weighted by Crippen LogP contribution is 2.34. The van der Waals surface area contributed by atoms with E-state index in [4.69, 9.17) is 21.3 Å². The summed E-state index contributed by atoms with van der Waals surface area (Å²) in [6.07, 6.45) is 0. The van der Waals surface area contributed by atoms with E-state index in [1.165, 1.54) is 6.07 Å². The monoisotopic (exact) mass is 376 g/mol. The zero-order chi connectivity index (χ0) is 19.1. The van der Waals surface area contributed by atoms with Crippen molar-refractivity contribution in [2.24, 2.45) is 0 Å². The molecule has 7 heteroatoms. The summed E-state index contributed by atoms with van der Waals surface area (Å²) in [6.45, 7) is 3.68. The normalized spacial score (nSPS) is 10.9. The van der Waals surface area contributed by atoms with Gasteiger partial charge in [0.05, 0.1) is 5.39 Å². The van der Waals surface area contributed by atoms with Crippen LogP contribution in [0.25, 0.3) is 33.6 Å². The molecule has 132 valence electrons. The lowest BCUT2D eigenvalue weighted by atomic mass is 10.0. The number of hydrogen-bond acceptors (Lipinski definition) is 5. The van der Waals surface area contributed by atoms with Crippen molar-refractivity contribution < 1.29 is 4.42 Å². The van der Waals surface area contributed by atoms with E-state index in [1.54, 1.807) is 12.1 Å². The topological polar surface area (TPSA) is 95.6 Å². The van der Waals surface area contributed by atoms with Gasteiger partial charge in [0.15, 0.2) is 11.2 Å². The van der Waals surface area contributed by atoms with Gasteiger partial charge in [0.2, 0.25) is 0 Å². The van der Waals surface area contributed by atoms with Crippen LogP contribution < -0.4 is 5.43 Å². The largest absolute Gasteiger partial charge is 0.460 e. The Bertz CT molecular complexity index is 1280. The minimum Gasteiger partial charge on any atom is -0.460 e. The number of rotatable bonds is 2. The Morgan fingerprint density at radius 3 is 2.63 bits per heavy atom. The van der Waals surface area contributed by atoms with E-state index in [-0.39, 0.29) is 11.1 Å². The number of furan rings is 1. The van der Waals surface area contributed by atoms with Crippen LogP contribution in [0.4, 0.5) is 0 Å². The predicted octanol–water partition coefficient (Wildman–Crippen LogP) is 4.39. The highest BCUT2D eigenvalue weighted by molar-refractivity contribution is 6.29. The van der Waals surface area contributed by atoms with E-state index < -0.39 is 0 Å². The Kier molecular flexibility index (Phi) is 4.02. The van der Waals surface area contributed by atoms with E-state index in [2.05, 4.69) is 15.0 Å². The van der Waals surface area contributed by atoms with Crippen LogP contribution in [0.2, 0.25) is 5.15 Å². The zero-order valence-electron chi connectivity index (χ0n) is 14.5.